The third kappa shape index (κ3) is 11.0. The van der Waals surface area contributed by atoms with Gasteiger partial charge >= 0.3 is 0 Å². The third-order valence-electron chi connectivity index (χ3n) is 3.29. The van der Waals surface area contributed by atoms with E-state index in [9.17, 15) is 0 Å². The molecule has 0 aromatic carbocycles. The smallest absolute Gasteiger partial charge is 0.0150 e. The van der Waals surface area contributed by atoms with E-state index in [0.29, 0.717) is 10.8 Å². The van der Waals surface area contributed by atoms with E-state index in [4.69, 9.17) is 0 Å². The van der Waals surface area contributed by atoms with E-state index in [2.05, 4.69) is 79.1 Å². The zero-order valence-electron chi connectivity index (χ0n) is 15.0. The van der Waals surface area contributed by atoms with Crippen LogP contribution < -0.4 is 0 Å². The molecule has 0 spiro atoms. The van der Waals surface area contributed by atoms with Gasteiger partial charge in [0.25, 0.3) is 0 Å². The van der Waals surface area contributed by atoms with E-state index in [0.717, 1.165) is 24.7 Å². The van der Waals surface area contributed by atoms with Gasteiger partial charge in [-0.1, -0.05) is 67.2 Å². The van der Waals surface area contributed by atoms with Gasteiger partial charge in [0.05, 0.1) is 0 Å². The molecular weight excluding hydrogens is 240 g/mol. The van der Waals surface area contributed by atoms with Crippen molar-refractivity contribution in [3.05, 3.63) is 0 Å². The highest BCUT2D eigenvalue weighted by Crippen LogP contribution is 2.29. The average Bonchev–Trinajstić information content (AvgIpc) is 2.19. The van der Waals surface area contributed by atoms with Crippen molar-refractivity contribution >= 4 is 0 Å². The standard InChI is InChI=1S/C20H34/c1-17(2)15-19(5,6)13-11-9-10-12-14-20(7,8)16-18(3)4/h17-18H,13-16H2,1-8H3. The normalized spacial score (nSPS) is 11.9. The molecule has 0 radical (unpaired) electrons. The number of hydrogen-bond donors (Lipinski definition) is 0. The first-order chi connectivity index (χ1) is 9.04. The monoisotopic (exact) mass is 274 g/mol. The summed E-state index contributed by atoms with van der Waals surface area (Å²) in [6.45, 7) is 18.2. The largest absolute Gasteiger partial charge is 0.0885 e. The van der Waals surface area contributed by atoms with Crippen LogP contribution in [0.25, 0.3) is 0 Å². The lowest BCUT2D eigenvalue weighted by Gasteiger charge is -2.24. The van der Waals surface area contributed by atoms with Gasteiger partial charge in [0.2, 0.25) is 0 Å². The Bertz CT molecular complexity index is 345. The Hall–Kier alpha value is -0.880. The van der Waals surface area contributed by atoms with Crippen LogP contribution in [0.3, 0.4) is 0 Å². The molecular formula is C20H34. The summed E-state index contributed by atoms with van der Waals surface area (Å²) in [6.07, 6.45) is 4.32. The predicted octanol–water partition coefficient (Wildman–Crippen LogP) is 5.92. The van der Waals surface area contributed by atoms with Crippen LogP contribution >= 0.6 is 0 Å². The topological polar surface area (TPSA) is 0 Å². The van der Waals surface area contributed by atoms with Gasteiger partial charge in [-0.3, -0.25) is 0 Å². The summed E-state index contributed by atoms with van der Waals surface area (Å²) in [7, 11) is 0. The van der Waals surface area contributed by atoms with Crippen LogP contribution in [0, 0.1) is 46.3 Å². The van der Waals surface area contributed by atoms with Crippen LogP contribution in [0.1, 0.15) is 81.1 Å². The lowest BCUT2D eigenvalue weighted by atomic mass is 9.81. The Morgan fingerprint density at radius 2 is 0.950 bits per heavy atom. The second-order valence-corrected chi connectivity index (χ2v) is 8.48. The minimum Gasteiger partial charge on any atom is -0.0885 e. The molecule has 0 amide bonds. The van der Waals surface area contributed by atoms with Crippen molar-refractivity contribution in [3.63, 3.8) is 0 Å². The molecule has 0 saturated heterocycles. The molecule has 0 aliphatic heterocycles. The second kappa shape index (κ2) is 8.42. The maximum Gasteiger partial charge on any atom is 0.0150 e. The van der Waals surface area contributed by atoms with Gasteiger partial charge in [-0.25, -0.2) is 0 Å². The van der Waals surface area contributed by atoms with Gasteiger partial charge < -0.3 is 0 Å². The van der Waals surface area contributed by atoms with Crippen molar-refractivity contribution in [1.29, 1.82) is 0 Å². The molecule has 114 valence electrons. The number of rotatable bonds is 6. The van der Waals surface area contributed by atoms with Crippen molar-refractivity contribution in [3.8, 4) is 23.7 Å². The Morgan fingerprint density at radius 1 is 0.650 bits per heavy atom. The van der Waals surface area contributed by atoms with Crippen molar-refractivity contribution in [2.75, 3.05) is 0 Å². The Kier molecular flexibility index (Phi) is 8.05. The molecule has 0 unspecified atom stereocenters. The van der Waals surface area contributed by atoms with Crippen LogP contribution in [-0.4, -0.2) is 0 Å². The van der Waals surface area contributed by atoms with Crippen molar-refractivity contribution in [2.45, 2.75) is 81.1 Å². The van der Waals surface area contributed by atoms with Gasteiger partial charge in [-0.15, -0.1) is 0 Å². The van der Waals surface area contributed by atoms with Crippen molar-refractivity contribution in [1.82, 2.24) is 0 Å². The molecule has 0 heteroatoms. The molecule has 0 aromatic heterocycles. The SMILES string of the molecule is CC(C)CC(C)(C)CC#CC#CCC(C)(C)CC(C)C. The first kappa shape index (κ1) is 19.1. The average molecular weight is 274 g/mol. The fourth-order valence-corrected chi connectivity index (χ4v) is 3.01. The maximum absolute atomic E-state index is 3.23. The van der Waals surface area contributed by atoms with Gasteiger partial charge in [-0.2, -0.15) is 0 Å². The van der Waals surface area contributed by atoms with Crippen LogP contribution in [0.15, 0.2) is 0 Å². The fourth-order valence-electron chi connectivity index (χ4n) is 3.01. The summed E-state index contributed by atoms with van der Waals surface area (Å²) in [5, 5.41) is 0. The van der Waals surface area contributed by atoms with Crippen molar-refractivity contribution in [2.24, 2.45) is 22.7 Å². The Morgan fingerprint density at radius 3 is 1.20 bits per heavy atom. The molecule has 0 saturated carbocycles. The van der Waals surface area contributed by atoms with Gasteiger partial charge in [0.1, 0.15) is 0 Å². The lowest BCUT2D eigenvalue weighted by molar-refractivity contribution is 0.294. The molecule has 0 aromatic rings. The fraction of sp³-hybridized carbons (Fsp3) is 0.800. The maximum atomic E-state index is 3.23. The van der Waals surface area contributed by atoms with Crippen LogP contribution in [0.4, 0.5) is 0 Å². The highest BCUT2D eigenvalue weighted by molar-refractivity contribution is 5.26. The quantitative estimate of drug-likeness (QED) is 0.527. The molecule has 0 bridgehead atoms. The zero-order chi connectivity index (χ0) is 15.8. The Labute approximate surface area is 128 Å². The Balaban J connectivity index is 4.26. The van der Waals surface area contributed by atoms with Gasteiger partial charge in [-0.05, 0) is 47.3 Å². The molecule has 20 heavy (non-hydrogen) atoms. The van der Waals surface area contributed by atoms with Crippen molar-refractivity contribution < 1.29 is 0 Å². The predicted molar refractivity (Wildman–Crippen MR) is 91.3 cm³/mol. The van der Waals surface area contributed by atoms with E-state index in [1.807, 2.05) is 0 Å². The second-order valence-electron chi connectivity index (χ2n) is 8.48. The molecule has 0 rings (SSSR count). The van der Waals surface area contributed by atoms with E-state index in [-0.39, 0.29) is 0 Å². The molecule has 0 aliphatic rings. The van der Waals surface area contributed by atoms with Crippen LogP contribution in [0.5, 0.6) is 0 Å². The van der Waals surface area contributed by atoms with E-state index in [1.165, 1.54) is 12.8 Å². The molecule has 0 aliphatic carbocycles. The summed E-state index contributed by atoms with van der Waals surface area (Å²) < 4.78 is 0. The van der Waals surface area contributed by atoms with E-state index in [1.54, 1.807) is 0 Å². The van der Waals surface area contributed by atoms with E-state index < -0.39 is 0 Å². The first-order valence-corrected chi connectivity index (χ1v) is 8.00. The number of hydrogen-bond acceptors (Lipinski definition) is 0. The van der Waals surface area contributed by atoms with Gasteiger partial charge in [0.15, 0.2) is 0 Å². The summed E-state index contributed by atoms with van der Waals surface area (Å²) in [6, 6.07) is 0. The molecule has 0 fully saturated rings. The molecule has 0 nitrogen and oxygen atoms in total. The molecule has 0 atom stereocenters. The summed E-state index contributed by atoms with van der Waals surface area (Å²) >= 11 is 0. The highest BCUT2D eigenvalue weighted by Gasteiger charge is 2.18. The third-order valence-corrected chi connectivity index (χ3v) is 3.29. The zero-order valence-corrected chi connectivity index (χ0v) is 15.0. The first-order valence-electron chi connectivity index (χ1n) is 8.00. The molecule has 0 N–H and O–H groups in total. The summed E-state index contributed by atoms with van der Waals surface area (Å²) in [5.41, 5.74) is 0.611. The summed E-state index contributed by atoms with van der Waals surface area (Å²) in [4.78, 5) is 0. The van der Waals surface area contributed by atoms with Gasteiger partial charge in [0, 0.05) is 12.8 Å². The van der Waals surface area contributed by atoms with E-state index >= 15 is 0 Å². The lowest BCUT2D eigenvalue weighted by Crippen LogP contribution is -2.13. The minimum absolute atomic E-state index is 0.305. The minimum atomic E-state index is 0.305. The van der Waals surface area contributed by atoms with Crippen LogP contribution in [-0.2, 0) is 0 Å². The summed E-state index contributed by atoms with van der Waals surface area (Å²) in [5.74, 6) is 14.0. The highest BCUT2D eigenvalue weighted by atomic mass is 14.2. The molecule has 0 heterocycles. The van der Waals surface area contributed by atoms with Crippen LogP contribution in [0.2, 0.25) is 0 Å².